The highest BCUT2D eigenvalue weighted by Crippen LogP contribution is 2.25. The van der Waals surface area contributed by atoms with Crippen LogP contribution in [0.25, 0.3) is 10.9 Å². The molecule has 112 valence electrons. The Kier molecular flexibility index (Phi) is 3.69. The molecule has 1 aromatic heterocycles. The van der Waals surface area contributed by atoms with Gasteiger partial charge in [0.05, 0.1) is 17.7 Å². The SMILES string of the molecule is Cc1[nH]c2ccccc2c1C(=O)NC1(CO)CCOCC1. The van der Waals surface area contributed by atoms with Crippen LogP contribution in [0, 0.1) is 6.92 Å². The average molecular weight is 288 g/mol. The van der Waals surface area contributed by atoms with E-state index in [-0.39, 0.29) is 12.5 Å². The number of amides is 1. The summed E-state index contributed by atoms with van der Waals surface area (Å²) in [5, 5.41) is 13.6. The maximum Gasteiger partial charge on any atom is 0.254 e. The van der Waals surface area contributed by atoms with Gasteiger partial charge < -0.3 is 20.1 Å². The van der Waals surface area contributed by atoms with E-state index in [0.29, 0.717) is 31.6 Å². The monoisotopic (exact) mass is 288 g/mol. The quantitative estimate of drug-likeness (QED) is 0.805. The smallest absolute Gasteiger partial charge is 0.254 e. The second-order valence-electron chi connectivity index (χ2n) is 5.68. The van der Waals surface area contributed by atoms with E-state index < -0.39 is 5.54 Å². The number of aryl methyl sites for hydroxylation is 1. The van der Waals surface area contributed by atoms with Crippen molar-refractivity contribution in [1.29, 1.82) is 0 Å². The number of ether oxygens (including phenoxy) is 1. The Hall–Kier alpha value is -1.85. The number of rotatable bonds is 3. The molecule has 0 aliphatic carbocycles. The lowest BCUT2D eigenvalue weighted by molar-refractivity contribution is 0.0126. The molecule has 3 rings (SSSR count). The molecule has 0 radical (unpaired) electrons. The van der Waals surface area contributed by atoms with E-state index in [2.05, 4.69) is 10.3 Å². The highest BCUT2D eigenvalue weighted by atomic mass is 16.5. The topological polar surface area (TPSA) is 74.4 Å². The van der Waals surface area contributed by atoms with Crippen LogP contribution in [0.5, 0.6) is 0 Å². The van der Waals surface area contributed by atoms with Crippen molar-refractivity contribution in [3.8, 4) is 0 Å². The number of fused-ring (bicyclic) bond motifs is 1. The first-order valence-corrected chi connectivity index (χ1v) is 7.24. The fourth-order valence-electron chi connectivity index (χ4n) is 2.96. The number of aromatic nitrogens is 1. The molecule has 21 heavy (non-hydrogen) atoms. The van der Waals surface area contributed by atoms with Crippen molar-refractivity contribution in [2.75, 3.05) is 19.8 Å². The lowest BCUT2D eigenvalue weighted by Crippen LogP contribution is -2.54. The van der Waals surface area contributed by atoms with Gasteiger partial charge in [-0.25, -0.2) is 0 Å². The van der Waals surface area contributed by atoms with Crippen molar-refractivity contribution in [3.05, 3.63) is 35.5 Å². The second kappa shape index (κ2) is 5.50. The molecule has 1 fully saturated rings. The van der Waals surface area contributed by atoms with Crippen LogP contribution in [0.15, 0.2) is 24.3 Å². The van der Waals surface area contributed by atoms with Gasteiger partial charge in [-0.05, 0) is 25.8 Å². The minimum absolute atomic E-state index is 0.0660. The Morgan fingerprint density at radius 2 is 2.10 bits per heavy atom. The van der Waals surface area contributed by atoms with Gasteiger partial charge in [0.25, 0.3) is 5.91 Å². The van der Waals surface area contributed by atoms with Crippen molar-refractivity contribution < 1.29 is 14.6 Å². The Morgan fingerprint density at radius 3 is 2.81 bits per heavy atom. The lowest BCUT2D eigenvalue weighted by Gasteiger charge is -2.36. The number of hydrogen-bond donors (Lipinski definition) is 3. The first kappa shape index (κ1) is 14.1. The van der Waals surface area contributed by atoms with Crippen molar-refractivity contribution in [2.24, 2.45) is 0 Å². The number of aliphatic hydroxyl groups is 1. The molecule has 1 aliphatic rings. The zero-order chi connectivity index (χ0) is 14.9. The van der Waals surface area contributed by atoms with Crippen LogP contribution in [0.4, 0.5) is 0 Å². The summed E-state index contributed by atoms with van der Waals surface area (Å²) in [5.74, 6) is -0.138. The summed E-state index contributed by atoms with van der Waals surface area (Å²) in [5.41, 5.74) is 1.88. The average Bonchev–Trinajstić information content (AvgIpc) is 2.84. The van der Waals surface area contributed by atoms with Gasteiger partial charge >= 0.3 is 0 Å². The Labute approximate surface area is 123 Å². The number of para-hydroxylation sites is 1. The highest BCUT2D eigenvalue weighted by Gasteiger charge is 2.34. The van der Waals surface area contributed by atoms with Gasteiger partial charge in [-0.2, -0.15) is 0 Å². The summed E-state index contributed by atoms with van der Waals surface area (Å²) in [6.45, 7) is 2.95. The van der Waals surface area contributed by atoms with Gasteiger partial charge in [-0.15, -0.1) is 0 Å². The summed E-state index contributed by atoms with van der Waals surface area (Å²) in [7, 11) is 0. The van der Waals surface area contributed by atoms with Crippen LogP contribution in [-0.4, -0.2) is 41.4 Å². The van der Waals surface area contributed by atoms with Crippen LogP contribution >= 0.6 is 0 Å². The molecule has 5 nitrogen and oxygen atoms in total. The zero-order valence-electron chi connectivity index (χ0n) is 12.1. The molecule has 0 atom stereocenters. The highest BCUT2D eigenvalue weighted by molar-refractivity contribution is 6.08. The van der Waals surface area contributed by atoms with Gasteiger partial charge in [-0.1, -0.05) is 18.2 Å². The molecule has 1 aromatic carbocycles. The number of aliphatic hydroxyl groups excluding tert-OH is 1. The van der Waals surface area contributed by atoms with E-state index in [0.717, 1.165) is 16.6 Å². The molecule has 5 heteroatoms. The number of aromatic amines is 1. The molecule has 0 saturated carbocycles. The van der Waals surface area contributed by atoms with Gasteiger partial charge in [0, 0.05) is 29.8 Å². The van der Waals surface area contributed by atoms with Crippen molar-refractivity contribution in [2.45, 2.75) is 25.3 Å². The molecular formula is C16H20N2O3. The molecule has 1 amide bonds. The van der Waals surface area contributed by atoms with Crippen LogP contribution in [-0.2, 0) is 4.74 Å². The molecule has 1 aliphatic heterocycles. The largest absolute Gasteiger partial charge is 0.394 e. The van der Waals surface area contributed by atoms with E-state index in [1.54, 1.807) is 0 Å². The Morgan fingerprint density at radius 1 is 1.38 bits per heavy atom. The summed E-state index contributed by atoms with van der Waals surface area (Å²) < 4.78 is 5.32. The number of hydrogen-bond acceptors (Lipinski definition) is 3. The number of H-pyrrole nitrogens is 1. The van der Waals surface area contributed by atoms with Gasteiger partial charge in [0.1, 0.15) is 0 Å². The molecule has 2 heterocycles. The van der Waals surface area contributed by atoms with Crippen LogP contribution in [0.3, 0.4) is 0 Å². The first-order chi connectivity index (χ1) is 10.2. The summed E-state index contributed by atoms with van der Waals surface area (Å²) in [6, 6.07) is 7.75. The van der Waals surface area contributed by atoms with Crippen molar-refractivity contribution >= 4 is 16.8 Å². The minimum atomic E-state index is -0.569. The summed E-state index contributed by atoms with van der Waals surface area (Å²) in [6.07, 6.45) is 1.27. The number of nitrogens with one attached hydrogen (secondary N) is 2. The number of carbonyl (C=O) groups is 1. The fraction of sp³-hybridized carbons (Fsp3) is 0.438. The molecule has 0 unspecified atom stereocenters. The van der Waals surface area contributed by atoms with E-state index in [1.165, 1.54) is 0 Å². The normalized spacial score (nSPS) is 17.8. The summed E-state index contributed by atoms with van der Waals surface area (Å²) >= 11 is 0. The van der Waals surface area contributed by atoms with Crippen molar-refractivity contribution in [1.82, 2.24) is 10.3 Å². The van der Waals surface area contributed by atoms with Crippen LogP contribution < -0.4 is 5.32 Å². The molecule has 3 N–H and O–H groups in total. The molecule has 1 saturated heterocycles. The number of benzene rings is 1. The van der Waals surface area contributed by atoms with E-state index in [4.69, 9.17) is 4.74 Å². The standard InChI is InChI=1S/C16H20N2O3/c1-11-14(12-4-2-3-5-13(12)17-11)15(20)18-16(10-19)6-8-21-9-7-16/h2-5,17,19H,6-10H2,1H3,(H,18,20). The predicted octanol–water partition coefficient (Wildman–Crippen LogP) is 1.75. The minimum Gasteiger partial charge on any atom is -0.394 e. The molecular weight excluding hydrogens is 268 g/mol. The third kappa shape index (κ3) is 2.54. The number of carbonyl (C=O) groups excluding carboxylic acids is 1. The third-order valence-electron chi connectivity index (χ3n) is 4.25. The zero-order valence-corrected chi connectivity index (χ0v) is 12.1. The van der Waals surface area contributed by atoms with E-state index in [9.17, 15) is 9.90 Å². The fourth-order valence-corrected chi connectivity index (χ4v) is 2.96. The lowest BCUT2D eigenvalue weighted by atomic mass is 9.90. The molecule has 0 spiro atoms. The summed E-state index contributed by atoms with van der Waals surface area (Å²) in [4.78, 5) is 15.9. The van der Waals surface area contributed by atoms with Gasteiger partial charge in [0.15, 0.2) is 0 Å². The van der Waals surface area contributed by atoms with Crippen molar-refractivity contribution in [3.63, 3.8) is 0 Å². The Balaban J connectivity index is 1.91. The second-order valence-corrected chi connectivity index (χ2v) is 5.68. The molecule has 2 aromatic rings. The van der Waals surface area contributed by atoms with E-state index in [1.807, 2.05) is 31.2 Å². The Bertz CT molecular complexity index is 657. The van der Waals surface area contributed by atoms with E-state index >= 15 is 0 Å². The molecule has 0 bridgehead atoms. The third-order valence-corrected chi connectivity index (χ3v) is 4.25. The predicted molar refractivity (Wildman–Crippen MR) is 80.4 cm³/mol. The van der Waals surface area contributed by atoms with Gasteiger partial charge in [0.2, 0.25) is 0 Å². The maximum absolute atomic E-state index is 12.7. The van der Waals surface area contributed by atoms with Gasteiger partial charge in [-0.3, -0.25) is 4.79 Å². The van der Waals surface area contributed by atoms with Crippen LogP contribution in [0.2, 0.25) is 0 Å². The van der Waals surface area contributed by atoms with Crippen LogP contribution in [0.1, 0.15) is 28.9 Å². The first-order valence-electron chi connectivity index (χ1n) is 7.24. The maximum atomic E-state index is 12.7.